The zero-order valence-electron chi connectivity index (χ0n) is 11.4. The van der Waals surface area contributed by atoms with Crippen LogP contribution in [0.15, 0.2) is 28.9 Å². The number of hydrogen-bond acceptors (Lipinski definition) is 1. The van der Waals surface area contributed by atoms with E-state index in [9.17, 15) is 0 Å². The third-order valence-electron chi connectivity index (χ3n) is 3.16. The molecule has 0 spiro atoms. The molecule has 0 aliphatic rings. The molecule has 0 bridgehead atoms. The van der Waals surface area contributed by atoms with Crippen molar-refractivity contribution in [3.8, 4) is 0 Å². The molecule has 2 rings (SSSR count). The average Bonchev–Trinajstić information content (AvgIpc) is 2.64. The van der Waals surface area contributed by atoms with Gasteiger partial charge in [0.25, 0.3) is 0 Å². The van der Waals surface area contributed by atoms with Gasteiger partial charge in [0.2, 0.25) is 0 Å². The van der Waals surface area contributed by atoms with Gasteiger partial charge >= 0.3 is 0 Å². The number of hydrogen-bond donors (Lipinski definition) is 0. The maximum Gasteiger partial charge on any atom is 0.0484 e. The lowest BCUT2D eigenvalue weighted by Crippen LogP contribution is -2.10. The molecular weight excluding hydrogens is 288 g/mol. The lowest BCUT2D eigenvalue weighted by Gasteiger charge is -2.07. The molecule has 0 saturated carbocycles. The van der Waals surface area contributed by atoms with Crippen LogP contribution in [-0.4, -0.2) is 23.6 Å². The Hall–Kier alpha value is -0.800. The molecule has 1 heterocycles. The molecule has 0 unspecified atom stereocenters. The van der Waals surface area contributed by atoms with E-state index in [0.717, 1.165) is 17.6 Å². The normalized spacial score (nSPS) is 11.6. The van der Waals surface area contributed by atoms with E-state index < -0.39 is 0 Å². The molecular formula is C15H21BrN2. The zero-order valence-corrected chi connectivity index (χ0v) is 13.0. The van der Waals surface area contributed by atoms with Gasteiger partial charge in [-0.25, -0.2) is 0 Å². The molecule has 0 atom stereocenters. The van der Waals surface area contributed by atoms with Gasteiger partial charge in [0.15, 0.2) is 0 Å². The van der Waals surface area contributed by atoms with Crippen molar-refractivity contribution in [2.75, 3.05) is 14.1 Å². The highest BCUT2D eigenvalue weighted by Gasteiger charge is 2.09. The molecule has 0 saturated heterocycles. The van der Waals surface area contributed by atoms with Crippen molar-refractivity contribution in [3.05, 3.63) is 34.4 Å². The van der Waals surface area contributed by atoms with Gasteiger partial charge in [0.1, 0.15) is 0 Å². The second-order valence-electron chi connectivity index (χ2n) is 5.10. The average molecular weight is 309 g/mol. The first kappa shape index (κ1) is 13.6. The fourth-order valence-corrected chi connectivity index (χ4v) is 2.68. The SMILES string of the molecule is CCCCn1cc(CN(C)C)c2cc(Br)ccc21. The topological polar surface area (TPSA) is 8.17 Å². The predicted octanol–water partition coefficient (Wildman–Crippen LogP) is 4.27. The molecule has 0 radical (unpaired) electrons. The van der Waals surface area contributed by atoms with Crippen LogP contribution in [0.25, 0.3) is 10.9 Å². The summed E-state index contributed by atoms with van der Waals surface area (Å²) in [5.41, 5.74) is 2.76. The van der Waals surface area contributed by atoms with Crippen molar-refractivity contribution >= 4 is 26.8 Å². The van der Waals surface area contributed by atoms with Crippen molar-refractivity contribution in [3.63, 3.8) is 0 Å². The first-order valence-corrected chi connectivity index (χ1v) is 7.33. The first-order chi connectivity index (χ1) is 8.61. The number of unbranched alkanes of at least 4 members (excludes halogenated alkanes) is 1. The highest BCUT2D eigenvalue weighted by molar-refractivity contribution is 9.10. The van der Waals surface area contributed by atoms with Crippen LogP contribution in [0.3, 0.4) is 0 Å². The molecule has 0 N–H and O–H groups in total. The smallest absolute Gasteiger partial charge is 0.0484 e. The van der Waals surface area contributed by atoms with Crippen molar-refractivity contribution < 1.29 is 0 Å². The Labute approximate surface area is 118 Å². The van der Waals surface area contributed by atoms with E-state index >= 15 is 0 Å². The quantitative estimate of drug-likeness (QED) is 0.801. The van der Waals surface area contributed by atoms with Crippen LogP contribution in [0.1, 0.15) is 25.3 Å². The Morgan fingerprint density at radius 3 is 2.72 bits per heavy atom. The number of benzene rings is 1. The van der Waals surface area contributed by atoms with E-state index in [2.05, 4.69) is 70.8 Å². The molecule has 18 heavy (non-hydrogen) atoms. The Morgan fingerprint density at radius 1 is 1.28 bits per heavy atom. The van der Waals surface area contributed by atoms with E-state index in [-0.39, 0.29) is 0 Å². The van der Waals surface area contributed by atoms with Crippen LogP contribution in [-0.2, 0) is 13.1 Å². The maximum absolute atomic E-state index is 3.57. The Bertz CT molecular complexity index is 529. The molecule has 0 fully saturated rings. The number of nitrogens with zero attached hydrogens (tertiary/aromatic N) is 2. The lowest BCUT2D eigenvalue weighted by molar-refractivity contribution is 0.403. The molecule has 2 aromatic rings. The highest BCUT2D eigenvalue weighted by Crippen LogP contribution is 2.26. The maximum atomic E-state index is 3.57. The zero-order chi connectivity index (χ0) is 13.1. The van der Waals surface area contributed by atoms with Gasteiger partial charge in [0, 0.05) is 34.7 Å². The summed E-state index contributed by atoms with van der Waals surface area (Å²) >= 11 is 3.57. The third kappa shape index (κ3) is 2.96. The second kappa shape index (κ2) is 5.89. The number of aromatic nitrogens is 1. The summed E-state index contributed by atoms with van der Waals surface area (Å²) in [4.78, 5) is 2.22. The number of aryl methyl sites for hydroxylation is 1. The lowest BCUT2D eigenvalue weighted by atomic mass is 10.2. The third-order valence-corrected chi connectivity index (χ3v) is 3.66. The van der Waals surface area contributed by atoms with Crippen molar-refractivity contribution in [2.24, 2.45) is 0 Å². The minimum Gasteiger partial charge on any atom is -0.347 e. The minimum absolute atomic E-state index is 0.992. The van der Waals surface area contributed by atoms with Gasteiger partial charge < -0.3 is 9.47 Å². The van der Waals surface area contributed by atoms with E-state index in [0.29, 0.717) is 0 Å². The van der Waals surface area contributed by atoms with Crippen LogP contribution >= 0.6 is 15.9 Å². The van der Waals surface area contributed by atoms with Crippen LogP contribution in [0.5, 0.6) is 0 Å². The Kier molecular flexibility index (Phi) is 4.46. The van der Waals surface area contributed by atoms with E-state index in [4.69, 9.17) is 0 Å². The minimum atomic E-state index is 0.992. The van der Waals surface area contributed by atoms with Gasteiger partial charge in [-0.2, -0.15) is 0 Å². The Balaban J connectivity index is 2.45. The fraction of sp³-hybridized carbons (Fsp3) is 0.467. The summed E-state index contributed by atoms with van der Waals surface area (Å²) in [6.45, 7) is 4.34. The molecule has 98 valence electrons. The molecule has 0 amide bonds. The largest absolute Gasteiger partial charge is 0.347 e. The summed E-state index contributed by atoms with van der Waals surface area (Å²) in [7, 11) is 4.24. The summed E-state index contributed by atoms with van der Waals surface area (Å²) < 4.78 is 3.55. The standard InChI is InChI=1S/C15H21BrN2/c1-4-5-8-18-11-12(10-17(2)3)14-9-13(16)6-7-15(14)18/h6-7,9,11H,4-5,8,10H2,1-3H3. The summed E-state index contributed by atoms with van der Waals surface area (Å²) in [5.74, 6) is 0. The van der Waals surface area contributed by atoms with Gasteiger partial charge in [-0.15, -0.1) is 0 Å². The molecule has 1 aromatic carbocycles. The van der Waals surface area contributed by atoms with Crippen LogP contribution in [0, 0.1) is 0 Å². The van der Waals surface area contributed by atoms with Crippen LogP contribution in [0.2, 0.25) is 0 Å². The molecule has 1 aromatic heterocycles. The summed E-state index contributed by atoms with van der Waals surface area (Å²) in [5, 5.41) is 1.37. The van der Waals surface area contributed by atoms with E-state index in [1.165, 1.54) is 29.3 Å². The van der Waals surface area contributed by atoms with Crippen molar-refractivity contribution in [1.82, 2.24) is 9.47 Å². The molecule has 3 heteroatoms. The van der Waals surface area contributed by atoms with Gasteiger partial charge in [-0.3, -0.25) is 0 Å². The van der Waals surface area contributed by atoms with Crippen LogP contribution in [0.4, 0.5) is 0 Å². The van der Waals surface area contributed by atoms with E-state index in [1.54, 1.807) is 0 Å². The first-order valence-electron chi connectivity index (χ1n) is 6.54. The predicted molar refractivity (Wildman–Crippen MR) is 81.9 cm³/mol. The van der Waals surface area contributed by atoms with Gasteiger partial charge in [-0.1, -0.05) is 29.3 Å². The monoisotopic (exact) mass is 308 g/mol. The summed E-state index contributed by atoms with van der Waals surface area (Å²) in [6, 6.07) is 6.58. The van der Waals surface area contributed by atoms with Gasteiger partial charge in [0.05, 0.1) is 0 Å². The fourth-order valence-electron chi connectivity index (χ4n) is 2.32. The molecule has 0 aliphatic carbocycles. The number of fused-ring (bicyclic) bond motifs is 1. The number of halogens is 1. The van der Waals surface area contributed by atoms with Crippen molar-refractivity contribution in [2.45, 2.75) is 32.9 Å². The highest BCUT2D eigenvalue weighted by atomic mass is 79.9. The molecule has 2 nitrogen and oxygen atoms in total. The van der Waals surface area contributed by atoms with Crippen LogP contribution < -0.4 is 0 Å². The number of rotatable bonds is 5. The molecule has 0 aliphatic heterocycles. The van der Waals surface area contributed by atoms with Gasteiger partial charge in [-0.05, 0) is 44.3 Å². The van der Waals surface area contributed by atoms with E-state index in [1.807, 2.05) is 0 Å². The van der Waals surface area contributed by atoms with Crippen molar-refractivity contribution in [1.29, 1.82) is 0 Å². The summed E-state index contributed by atoms with van der Waals surface area (Å²) in [6.07, 6.45) is 4.78. The second-order valence-corrected chi connectivity index (χ2v) is 6.02. The Morgan fingerprint density at radius 2 is 2.06 bits per heavy atom.